The Morgan fingerprint density at radius 2 is 2.12 bits per heavy atom. The lowest BCUT2D eigenvalue weighted by Crippen LogP contribution is -2.02. The molecule has 1 N–H and O–H groups in total. The van der Waals surface area contributed by atoms with Crippen LogP contribution in [0.5, 0.6) is 0 Å². The Balaban J connectivity index is 2.03. The van der Waals surface area contributed by atoms with Crippen molar-refractivity contribution in [1.29, 1.82) is 0 Å². The first-order valence-electron chi connectivity index (χ1n) is 4.91. The summed E-state index contributed by atoms with van der Waals surface area (Å²) < 4.78 is 26.1. The average molecular weight is 253 g/mol. The summed E-state index contributed by atoms with van der Waals surface area (Å²) >= 11 is 0.983. The van der Waals surface area contributed by atoms with Crippen LogP contribution in [0.15, 0.2) is 41.4 Å². The number of hydrogen-bond donors (Lipinski definition) is 1. The number of ketones is 1. The van der Waals surface area contributed by atoms with Crippen LogP contribution in [0.4, 0.5) is 8.78 Å². The highest BCUT2D eigenvalue weighted by molar-refractivity contribution is 8.00. The van der Waals surface area contributed by atoms with Crippen LogP contribution in [-0.4, -0.2) is 16.5 Å². The number of aromatic nitrogens is 1. The fourth-order valence-corrected chi connectivity index (χ4v) is 2.16. The van der Waals surface area contributed by atoms with Gasteiger partial charge in [-0.25, -0.2) is 8.78 Å². The number of benzene rings is 1. The molecule has 2 aromatic rings. The molecule has 0 atom stereocenters. The van der Waals surface area contributed by atoms with E-state index in [1.54, 1.807) is 18.3 Å². The van der Waals surface area contributed by atoms with Crippen molar-refractivity contribution in [2.45, 2.75) is 4.90 Å². The van der Waals surface area contributed by atoms with Crippen LogP contribution < -0.4 is 0 Å². The van der Waals surface area contributed by atoms with Gasteiger partial charge in [0.15, 0.2) is 5.78 Å². The quantitative estimate of drug-likeness (QED) is 0.670. The van der Waals surface area contributed by atoms with Crippen LogP contribution in [-0.2, 0) is 0 Å². The first-order valence-corrected chi connectivity index (χ1v) is 5.90. The van der Waals surface area contributed by atoms with Crippen molar-refractivity contribution in [2.75, 3.05) is 5.75 Å². The summed E-state index contributed by atoms with van der Waals surface area (Å²) in [6.45, 7) is 0. The summed E-state index contributed by atoms with van der Waals surface area (Å²) in [4.78, 5) is 14.5. The molecule has 1 aromatic heterocycles. The van der Waals surface area contributed by atoms with E-state index in [2.05, 4.69) is 4.98 Å². The summed E-state index contributed by atoms with van der Waals surface area (Å²) in [5, 5.41) is 0. The predicted octanol–water partition coefficient (Wildman–Crippen LogP) is 3.27. The Hall–Kier alpha value is -1.62. The molecule has 2 nitrogen and oxygen atoms in total. The fourth-order valence-electron chi connectivity index (χ4n) is 1.31. The Labute approximate surface area is 101 Å². The summed E-state index contributed by atoms with van der Waals surface area (Å²) in [5.41, 5.74) is 0.467. The third kappa shape index (κ3) is 2.94. The second kappa shape index (κ2) is 5.14. The van der Waals surface area contributed by atoms with Crippen LogP contribution in [0, 0.1) is 11.6 Å². The van der Waals surface area contributed by atoms with Crippen molar-refractivity contribution >= 4 is 17.5 Å². The van der Waals surface area contributed by atoms with E-state index >= 15 is 0 Å². The van der Waals surface area contributed by atoms with Gasteiger partial charge in [0.1, 0.15) is 11.6 Å². The highest BCUT2D eigenvalue weighted by atomic mass is 32.2. The number of rotatable bonds is 4. The molecule has 0 aliphatic rings. The second-order valence-corrected chi connectivity index (χ2v) is 4.39. The Bertz CT molecular complexity index is 525. The van der Waals surface area contributed by atoms with Crippen molar-refractivity contribution < 1.29 is 13.6 Å². The Morgan fingerprint density at radius 1 is 1.29 bits per heavy atom. The van der Waals surface area contributed by atoms with E-state index in [1.165, 1.54) is 0 Å². The van der Waals surface area contributed by atoms with Crippen molar-refractivity contribution in [1.82, 2.24) is 4.98 Å². The number of aromatic amines is 1. The number of hydrogen-bond acceptors (Lipinski definition) is 2. The van der Waals surface area contributed by atoms with Gasteiger partial charge in [0.2, 0.25) is 0 Å². The zero-order valence-electron chi connectivity index (χ0n) is 8.74. The summed E-state index contributed by atoms with van der Waals surface area (Å²) in [6, 6.07) is 6.54. The van der Waals surface area contributed by atoms with Gasteiger partial charge in [0.25, 0.3) is 0 Å². The highest BCUT2D eigenvalue weighted by Gasteiger charge is 2.10. The third-order valence-corrected chi connectivity index (χ3v) is 3.18. The lowest BCUT2D eigenvalue weighted by Gasteiger charge is -2.02. The SMILES string of the molecule is O=C(CSc1cc(F)ccc1F)c1ccc[nH]1. The van der Waals surface area contributed by atoms with Gasteiger partial charge >= 0.3 is 0 Å². The first kappa shape index (κ1) is 11.9. The Morgan fingerprint density at radius 3 is 2.82 bits per heavy atom. The van der Waals surface area contributed by atoms with Crippen molar-refractivity contribution in [3.8, 4) is 0 Å². The van der Waals surface area contributed by atoms with Crippen LogP contribution in [0.2, 0.25) is 0 Å². The Kier molecular flexibility index (Phi) is 3.58. The molecule has 0 saturated heterocycles. The number of halogens is 2. The van der Waals surface area contributed by atoms with Gasteiger partial charge < -0.3 is 4.98 Å². The van der Waals surface area contributed by atoms with Gasteiger partial charge in [-0.1, -0.05) is 0 Å². The largest absolute Gasteiger partial charge is 0.359 e. The van der Waals surface area contributed by atoms with Crippen LogP contribution in [0.25, 0.3) is 0 Å². The molecular formula is C12H9F2NOS. The van der Waals surface area contributed by atoms with E-state index in [1.807, 2.05) is 0 Å². The maximum Gasteiger partial charge on any atom is 0.189 e. The van der Waals surface area contributed by atoms with E-state index in [9.17, 15) is 13.6 Å². The fraction of sp³-hybridized carbons (Fsp3) is 0.0833. The molecule has 0 spiro atoms. The number of nitrogens with one attached hydrogen (secondary N) is 1. The predicted molar refractivity (Wildman–Crippen MR) is 62.2 cm³/mol. The number of Topliss-reactive ketones (excluding diaryl/α,β-unsaturated/α-hetero) is 1. The minimum Gasteiger partial charge on any atom is -0.359 e. The van der Waals surface area contributed by atoms with Gasteiger partial charge in [-0.05, 0) is 30.3 Å². The lowest BCUT2D eigenvalue weighted by molar-refractivity contribution is 0.101. The highest BCUT2D eigenvalue weighted by Crippen LogP contribution is 2.23. The van der Waals surface area contributed by atoms with Gasteiger partial charge in [0.05, 0.1) is 11.4 Å². The number of thioether (sulfide) groups is 1. The van der Waals surface area contributed by atoms with Crippen LogP contribution in [0.3, 0.4) is 0 Å². The average Bonchev–Trinajstić information content (AvgIpc) is 2.83. The molecule has 0 aliphatic carbocycles. The van der Waals surface area contributed by atoms with Gasteiger partial charge in [-0.15, -0.1) is 11.8 Å². The number of H-pyrrole nitrogens is 1. The minimum atomic E-state index is -0.518. The smallest absolute Gasteiger partial charge is 0.189 e. The van der Waals surface area contributed by atoms with Crippen molar-refractivity contribution in [2.24, 2.45) is 0 Å². The van der Waals surface area contributed by atoms with Crippen molar-refractivity contribution in [3.05, 3.63) is 53.9 Å². The van der Waals surface area contributed by atoms with Gasteiger partial charge in [-0.3, -0.25) is 4.79 Å². The van der Waals surface area contributed by atoms with E-state index in [0.29, 0.717) is 5.69 Å². The first-order chi connectivity index (χ1) is 8.16. The monoisotopic (exact) mass is 253 g/mol. The molecule has 17 heavy (non-hydrogen) atoms. The summed E-state index contributed by atoms with van der Waals surface area (Å²) in [6.07, 6.45) is 1.64. The molecule has 0 unspecified atom stereocenters. The number of carbonyl (C=O) groups excluding carboxylic acids is 1. The molecule has 5 heteroatoms. The molecule has 1 heterocycles. The zero-order chi connectivity index (χ0) is 12.3. The maximum atomic E-state index is 13.3. The lowest BCUT2D eigenvalue weighted by atomic mass is 10.3. The van der Waals surface area contributed by atoms with Gasteiger partial charge in [-0.2, -0.15) is 0 Å². The van der Waals surface area contributed by atoms with Gasteiger partial charge in [0, 0.05) is 11.1 Å². The molecular weight excluding hydrogens is 244 g/mol. The molecule has 1 aromatic carbocycles. The molecule has 0 fully saturated rings. The number of carbonyl (C=O) groups is 1. The van der Waals surface area contributed by atoms with E-state index in [0.717, 1.165) is 30.0 Å². The summed E-state index contributed by atoms with van der Waals surface area (Å²) in [5.74, 6) is -1.11. The molecule has 88 valence electrons. The molecule has 0 aliphatic heterocycles. The maximum absolute atomic E-state index is 13.3. The summed E-state index contributed by atoms with van der Waals surface area (Å²) in [7, 11) is 0. The standard InChI is InChI=1S/C12H9F2NOS/c13-8-3-4-9(14)12(6-8)17-7-11(16)10-2-1-5-15-10/h1-6,15H,7H2. The molecule has 0 radical (unpaired) electrons. The van der Waals surface area contributed by atoms with Crippen LogP contribution in [0.1, 0.15) is 10.5 Å². The van der Waals surface area contributed by atoms with E-state index in [-0.39, 0.29) is 16.4 Å². The van der Waals surface area contributed by atoms with E-state index < -0.39 is 11.6 Å². The third-order valence-electron chi connectivity index (χ3n) is 2.15. The van der Waals surface area contributed by atoms with Crippen molar-refractivity contribution in [3.63, 3.8) is 0 Å². The minimum absolute atomic E-state index is 0.0703. The van der Waals surface area contributed by atoms with E-state index in [4.69, 9.17) is 0 Å². The zero-order valence-corrected chi connectivity index (χ0v) is 9.56. The molecule has 0 saturated carbocycles. The molecule has 0 amide bonds. The molecule has 0 bridgehead atoms. The second-order valence-electron chi connectivity index (χ2n) is 3.37. The molecule has 2 rings (SSSR count). The van der Waals surface area contributed by atoms with Crippen LogP contribution >= 0.6 is 11.8 Å². The normalized spacial score (nSPS) is 10.5. The topological polar surface area (TPSA) is 32.9 Å².